The van der Waals surface area contributed by atoms with Gasteiger partial charge in [0, 0.05) is 9.90 Å². The van der Waals surface area contributed by atoms with Gasteiger partial charge in [-0.2, -0.15) is 0 Å². The van der Waals surface area contributed by atoms with Gasteiger partial charge in [0.1, 0.15) is 6.33 Å². The summed E-state index contributed by atoms with van der Waals surface area (Å²) in [7, 11) is 0. The van der Waals surface area contributed by atoms with Crippen molar-refractivity contribution in [1.82, 2.24) is 9.97 Å². The molecule has 3 N–H and O–H groups in total. The van der Waals surface area contributed by atoms with E-state index in [4.69, 9.17) is 17.4 Å². The van der Waals surface area contributed by atoms with Crippen molar-refractivity contribution in [2.75, 3.05) is 5.43 Å². The molecule has 4 nitrogen and oxygen atoms in total. The van der Waals surface area contributed by atoms with Crippen LogP contribution in [0.4, 0.5) is 5.82 Å². The summed E-state index contributed by atoms with van der Waals surface area (Å²) in [5.74, 6) is 6.08. The molecule has 0 saturated heterocycles. The van der Waals surface area contributed by atoms with Gasteiger partial charge in [-0.3, -0.25) is 0 Å². The highest BCUT2D eigenvalue weighted by Gasteiger charge is 2.09. The number of rotatable bonds is 2. The average molecular weight is 277 g/mol. The Morgan fingerprint density at radius 1 is 1.17 bits per heavy atom. The minimum absolute atomic E-state index is 0.644. The lowest BCUT2D eigenvalue weighted by Crippen LogP contribution is -2.08. The summed E-state index contributed by atoms with van der Waals surface area (Å²) < 4.78 is 0.949. The molecule has 1 aromatic carbocycles. The normalized spacial score (nSPS) is 10.8. The predicted octanol–water partition coefficient (Wildman–Crippen LogP) is 3.30. The van der Waals surface area contributed by atoms with Gasteiger partial charge in [-0.1, -0.05) is 23.7 Å². The van der Waals surface area contributed by atoms with Crippen LogP contribution in [0.1, 0.15) is 0 Å². The summed E-state index contributed by atoms with van der Waals surface area (Å²) in [6.07, 6.45) is 1.50. The molecule has 3 rings (SSSR count). The Morgan fingerprint density at radius 2 is 1.94 bits per heavy atom. The summed E-state index contributed by atoms with van der Waals surface area (Å²) in [4.78, 5) is 9.43. The third-order valence-electron chi connectivity index (χ3n) is 2.58. The van der Waals surface area contributed by atoms with Crippen LogP contribution in [0.25, 0.3) is 20.7 Å². The van der Waals surface area contributed by atoms with Crippen LogP contribution in [-0.2, 0) is 0 Å². The molecule has 90 valence electrons. The van der Waals surface area contributed by atoms with E-state index >= 15 is 0 Å². The maximum absolute atomic E-state index is 5.88. The van der Waals surface area contributed by atoms with E-state index in [9.17, 15) is 0 Å². The number of nitrogens with one attached hydrogen (secondary N) is 1. The maximum Gasteiger partial charge on any atom is 0.161 e. The maximum atomic E-state index is 5.88. The Morgan fingerprint density at radius 3 is 2.67 bits per heavy atom. The summed E-state index contributed by atoms with van der Waals surface area (Å²) >= 11 is 7.48. The number of hydrazine groups is 1. The second-order valence-electron chi connectivity index (χ2n) is 3.70. The third kappa shape index (κ3) is 1.92. The number of halogens is 1. The summed E-state index contributed by atoms with van der Waals surface area (Å²) in [6, 6.07) is 9.72. The molecule has 18 heavy (non-hydrogen) atoms. The molecule has 0 radical (unpaired) electrons. The molecule has 0 atom stereocenters. The fraction of sp³-hybridized carbons (Fsp3) is 0. The van der Waals surface area contributed by atoms with E-state index in [1.54, 1.807) is 11.3 Å². The molecule has 0 aliphatic heterocycles. The van der Waals surface area contributed by atoms with E-state index in [1.807, 2.05) is 30.3 Å². The van der Waals surface area contributed by atoms with Crippen molar-refractivity contribution in [2.45, 2.75) is 0 Å². The first-order valence-corrected chi connectivity index (χ1v) is 6.44. The molecular formula is C12H9ClN4S. The first-order chi connectivity index (χ1) is 8.78. The van der Waals surface area contributed by atoms with Gasteiger partial charge >= 0.3 is 0 Å². The van der Waals surface area contributed by atoms with E-state index in [0.717, 1.165) is 25.7 Å². The van der Waals surface area contributed by atoms with Gasteiger partial charge in [0.05, 0.1) is 10.2 Å². The number of thiophene rings is 1. The molecule has 0 amide bonds. The monoisotopic (exact) mass is 276 g/mol. The molecule has 3 aromatic rings. The van der Waals surface area contributed by atoms with E-state index in [2.05, 4.69) is 15.4 Å². The zero-order valence-electron chi connectivity index (χ0n) is 9.22. The van der Waals surface area contributed by atoms with E-state index in [0.29, 0.717) is 5.82 Å². The van der Waals surface area contributed by atoms with Crippen molar-refractivity contribution in [3.05, 3.63) is 41.7 Å². The van der Waals surface area contributed by atoms with Crippen molar-refractivity contribution in [1.29, 1.82) is 0 Å². The van der Waals surface area contributed by atoms with Gasteiger partial charge < -0.3 is 5.43 Å². The number of nitrogen functional groups attached to an aromatic ring is 1. The fourth-order valence-corrected chi connectivity index (χ4v) is 2.91. The smallest absolute Gasteiger partial charge is 0.161 e. The summed E-state index contributed by atoms with van der Waals surface area (Å²) in [5, 5.41) is 0.726. The number of hydrogen-bond acceptors (Lipinski definition) is 5. The number of nitrogens with zero attached hydrogens (tertiary/aromatic N) is 2. The minimum Gasteiger partial charge on any atom is -0.307 e. The highest BCUT2D eigenvalue weighted by atomic mass is 35.5. The summed E-state index contributed by atoms with van der Waals surface area (Å²) in [5.41, 5.74) is 4.57. The Hall–Kier alpha value is -1.69. The van der Waals surface area contributed by atoms with E-state index in [1.165, 1.54) is 6.33 Å². The van der Waals surface area contributed by atoms with Gasteiger partial charge in [-0.15, -0.1) is 11.3 Å². The number of aromatic nitrogens is 2. The Bertz CT molecular complexity index is 693. The first kappa shape index (κ1) is 11.4. The zero-order chi connectivity index (χ0) is 12.5. The van der Waals surface area contributed by atoms with Crippen LogP contribution in [0.3, 0.4) is 0 Å². The number of nitrogens with two attached hydrogens (primary N) is 1. The Balaban J connectivity index is 2.16. The van der Waals surface area contributed by atoms with E-state index in [-0.39, 0.29) is 0 Å². The molecule has 0 spiro atoms. The topological polar surface area (TPSA) is 63.8 Å². The van der Waals surface area contributed by atoms with Crippen molar-refractivity contribution < 1.29 is 0 Å². The number of hydrogen-bond donors (Lipinski definition) is 2. The lowest BCUT2D eigenvalue weighted by Gasteiger charge is -1.97. The van der Waals surface area contributed by atoms with Crippen LogP contribution in [0.15, 0.2) is 36.7 Å². The van der Waals surface area contributed by atoms with Crippen molar-refractivity contribution in [3.8, 4) is 10.4 Å². The largest absolute Gasteiger partial charge is 0.307 e. The highest BCUT2D eigenvalue weighted by molar-refractivity contribution is 7.22. The fourth-order valence-electron chi connectivity index (χ4n) is 1.71. The first-order valence-electron chi connectivity index (χ1n) is 5.25. The molecule has 2 heterocycles. The Kier molecular flexibility index (Phi) is 2.87. The molecule has 0 saturated carbocycles. The number of fused-ring (bicyclic) bond motifs is 1. The second-order valence-corrected chi connectivity index (χ2v) is 5.19. The van der Waals surface area contributed by atoms with Crippen LogP contribution in [0.5, 0.6) is 0 Å². The van der Waals surface area contributed by atoms with Gasteiger partial charge in [0.2, 0.25) is 0 Å². The molecule has 0 bridgehead atoms. The lowest BCUT2D eigenvalue weighted by atomic mass is 10.2. The second kappa shape index (κ2) is 4.53. The average Bonchev–Trinajstić information content (AvgIpc) is 2.83. The lowest BCUT2D eigenvalue weighted by molar-refractivity contribution is 1.19. The molecule has 0 fully saturated rings. The molecule has 0 aliphatic carbocycles. The highest BCUT2D eigenvalue weighted by Crippen LogP contribution is 2.35. The van der Waals surface area contributed by atoms with Crippen molar-refractivity contribution in [2.24, 2.45) is 5.84 Å². The molecule has 0 aliphatic rings. The quantitative estimate of drug-likeness (QED) is 0.557. The van der Waals surface area contributed by atoms with Crippen LogP contribution in [0.2, 0.25) is 5.02 Å². The summed E-state index contributed by atoms with van der Waals surface area (Å²) in [6.45, 7) is 0. The van der Waals surface area contributed by atoms with Gasteiger partial charge in [0.25, 0.3) is 0 Å². The van der Waals surface area contributed by atoms with Crippen molar-refractivity contribution >= 4 is 39.0 Å². The molecule has 2 aromatic heterocycles. The van der Waals surface area contributed by atoms with Crippen LogP contribution < -0.4 is 11.3 Å². The molecule has 6 heteroatoms. The number of benzene rings is 1. The van der Waals surface area contributed by atoms with E-state index < -0.39 is 0 Å². The van der Waals surface area contributed by atoms with Gasteiger partial charge in [-0.05, 0) is 23.8 Å². The van der Waals surface area contributed by atoms with Crippen molar-refractivity contribution in [3.63, 3.8) is 0 Å². The van der Waals surface area contributed by atoms with Gasteiger partial charge in [-0.25, -0.2) is 15.8 Å². The van der Waals surface area contributed by atoms with Crippen LogP contribution in [-0.4, -0.2) is 9.97 Å². The Labute approximate surface area is 112 Å². The third-order valence-corrected chi connectivity index (χ3v) is 4.01. The molecular weight excluding hydrogens is 268 g/mol. The molecule has 0 unspecified atom stereocenters. The van der Waals surface area contributed by atoms with Crippen LogP contribution >= 0.6 is 22.9 Å². The SMILES string of the molecule is NNc1ncnc2cc(-c3ccc(Cl)cc3)sc12. The van der Waals surface area contributed by atoms with Gasteiger partial charge in [0.15, 0.2) is 5.82 Å². The van der Waals surface area contributed by atoms with Crippen LogP contribution in [0, 0.1) is 0 Å². The minimum atomic E-state index is 0.644. The predicted molar refractivity (Wildman–Crippen MR) is 75.7 cm³/mol. The standard InChI is InChI=1S/C12H9ClN4S/c13-8-3-1-7(2-4-8)10-5-9-11(18-10)12(17-14)16-6-15-9/h1-6H,14H2,(H,15,16,17). The zero-order valence-corrected chi connectivity index (χ0v) is 10.8. The number of anilines is 1.